The Bertz CT molecular complexity index is 520. The van der Waals surface area contributed by atoms with Gasteiger partial charge in [-0.1, -0.05) is 18.5 Å². The molecule has 2 saturated heterocycles. The third-order valence-electron chi connectivity index (χ3n) is 4.40. The number of piperidine rings is 1. The molecule has 2 unspecified atom stereocenters. The van der Waals surface area contributed by atoms with Gasteiger partial charge in [0.15, 0.2) is 5.82 Å². The van der Waals surface area contributed by atoms with Crippen LogP contribution in [0.4, 0.5) is 5.82 Å². The Hall–Kier alpha value is -1.07. The summed E-state index contributed by atoms with van der Waals surface area (Å²) in [4.78, 5) is 20.8. The van der Waals surface area contributed by atoms with Gasteiger partial charge in [-0.2, -0.15) is 0 Å². The Labute approximate surface area is 123 Å². The molecular weight excluding hydrogens is 276 g/mol. The Morgan fingerprint density at radius 3 is 2.75 bits per heavy atom. The molecule has 3 rings (SSSR count). The van der Waals surface area contributed by atoms with Crippen LogP contribution in [0.15, 0.2) is 11.1 Å². The molecule has 5 nitrogen and oxygen atoms in total. The molecule has 2 aliphatic heterocycles. The maximum absolute atomic E-state index is 11.7. The standard InChI is InChI=1S/C14H21ClN4O/c1-2-5-19(13-12(15)14(20)17-8-16-13)11-6-9-3-4-10(7-11)18-9/h8-11,18H,2-7H2,1H3,(H,16,17,20). The van der Waals surface area contributed by atoms with E-state index in [0.717, 1.165) is 25.8 Å². The van der Waals surface area contributed by atoms with Crippen LogP contribution in [0.1, 0.15) is 39.0 Å². The van der Waals surface area contributed by atoms with E-state index < -0.39 is 0 Å². The molecule has 1 aromatic heterocycles. The zero-order valence-corrected chi connectivity index (χ0v) is 12.5. The number of nitrogens with one attached hydrogen (secondary N) is 2. The van der Waals surface area contributed by atoms with Crippen molar-refractivity contribution in [3.05, 3.63) is 21.7 Å². The van der Waals surface area contributed by atoms with Crippen LogP contribution < -0.4 is 15.8 Å². The van der Waals surface area contributed by atoms with Crippen molar-refractivity contribution in [1.29, 1.82) is 0 Å². The molecule has 0 radical (unpaired) electrons. The largest absolute Gasteiger partial charge is 0.352 e. The predicted octanol–water partition coefficient (Wildman–Crippen LogP) is 1.92. The molecule has 2 atom stereocenters. The van der Waals surface area contributed by atoms with Crippen LogP contribution in [-0.2, 0) is 0 Å². The number of fused-ring (bicyclic) bond motifs is 2. The lowest BCUT2D eigenvalue weighted by atomic mass is 9.98. The number of nitrogens with zero attached hydrogens (tertiary/aromatic N) is 2. The number of anilines is 1. The van der Waals surface area contributed by atoms with Gasteiger partial charge in [-0.05, 0) is 32.1 Å². The van der Waals surface area contributed by atoms with Crippen LogP contribution in [0.5, 0.6) is 0 Å². The van der Waals surface area contributed by atoms with Gasteiger partial charge in [0.1, 0.15) is 5.02 Å². The highest BCUT2D eigenvalue weighted by Crippen LogP contribution is 2.33. The lowest BCUT2D eigenvalue weighted by Gasteiger charge is -2.38. The van der Waals surface area contributed by atoms with Crippen LogP contribution in [-0.4, -0.2) is 34.6 Å². The van der Waals surface area contributed by atoms with E-state index in [1.54, 1.807) is 0 Å². The Morgan fingerprint density at radius 2 is 2.10 bits per heavy atom. The van der Waals surface area contributed by atoms with Gasteiger partial charge >= 0.3 is 0 Å². The number of hydrogen-bond donors (Lipinski definition) is 2. The van der Waals surface area contributed by atoms with Crippen molar-refractivity contribution >= 4 is 17.4 Å². The molecule has 6 heteroatoms. The monoisotopic (exact) mass is 296 g/mol. The number of hydrogen-bond acceptors (Lipinski definition) is 4. The molecule has 2 fully saturated rings. The predicted molar refractivity (Wildman–Crippen MR) is 80.5 cm³/mol. The minimum Gasteiger partial charge on any atom is -0.352 e. The summed E-state index contributed by atoms with van der Waals surface area (Å²) in [6.07, 6.45) is 7.21. The number of H-pyrrole nitrogens is 1. The van der Waals surface area contributed by atoms with E-state index in [4.69, 9.17) is 11.6 Å². The van der Waals surface area contributed by atoms with E-state index in [-0.39, 0.29) is 10.6 Å². The van der Waals surface area contributed by atoms with E-state index >= 15 is 0 Å². The van der Waals surface area contributed by atoms with Gasteiger partial charge in [0.05, 0.1) is 6.33 Å². The quantitative estimate of drug-likeness (QED) is 0.891. The summed E-state index contributed by atoms with van der Waals surface area (Å²) in [6.45, 7) is 3.03. The molecule has 2 aliphatic rings. The molecule has 1 aromatic rings. The topological polar surface area (TPSA) is 61.0 Å². The molecule has 0 saturated carbocycles. The summed E-state index contributed by atoms with van der Waals surface area (Å²) in [5.41, 5.74) is -0.255. The van der Waals surface area contributed by atoms with E-state index in [1.165, 1.54) is 19.2 Å². The average molecular weight is 297 g/mol. The third-order valence-corrected chi connectivity index (χ3v) is 4.74. The van der Waals surface area contributed by atoms with Crippen LogP contribution in [0.3, 0.4) is 0 Å². The minimum absolute atomic E-state index is 0.215. The maximum Gasteiger partial charge on any atom is 0.271 e. The summed E-state index contributed by atoms with van der Waals surface area (Å²) in [5.74, 6) is 0.642. The second-order valence-electron chi connectivity index (χ2n) is 5.83. The van der Waals surface area contributed by atoms with E-state index in [2.05, 4.69) is 27.1 Å². The molecule has 0 aromatic carbocycles. The summed E-state index contributed by atoms with van der Waals surface area (Å²) in [7, 11) is 0. The third kappa shape index (κ3) is 2.56. The highest BCUT2D eigenvalue weighted by Gasteiger charge is 2.36. The molecular formula is C14H21ClN4O. The molecule has 0 aliphatic carbocycles. The lowest BCUT2D eigenvalue weighted by Crippen LogP contribution is -2.49. The van der Waals surface area contributed by atoms with Gasteiger partial charge in [0.25, 0.3) is 5.56 Å². The Kier molecular flexibility index (Phi) is 3.98. The van der Waals surface area contributed by atoms with Gasteiger partial charge in [0.2, 0.25) is 0 Å². The normalized spacial score (nSPS) is 28.6. The summed E-state index contributed by atoms with van der Waals surface area (Å²) >= 11 is 6.17. The first-order chi connectivity index (χ1) is 9.69. The lowest BCUT2D eigenvalue weighted by molar-refractivity contribution is 0.345. The van der Waals surface area contributed by atoms with Gasteiger partial charge in [0, 0.05) is 24.7 Å². The van der Waals surface area contributed by atoms with E-state index in [9.17, 15) is 4.79 Å². The van der Waals surface area contributed by atoms with E-state index in [1.807, 2.05) is 0 Å². The second-order valence-corrected chi connectivity index (χ2v) is 6.20. The summed E-state index contributed by atoms with van der Waals surface area (Å²) in [5, 5.41) is 3.86. The fraction of sp³-hybridized carbons (Fsp3) is 0.714. The fourth-order valence-electron chi connectivity index (χ4n) is 3.56. The molecule has 0 spiro atoms. The van der Waals surface area contributed by atoms with Gasteiger partial charge in [-0.25, -0.2) is 4.98 Å². The summed E-state index contributed by atoms with van der Waals surface area (Å²) < 4.78 is 0. The molecule has 0 amide bonds. The number of halogens is 1. The van der Waals surface area contributed by atoms with Crippen molar-refractivity contribution in [2.24, 2.45) is 0 Å². The van der Waals surface area contributed by atoms with Crippen molar-refractivity contribution < 1.29 is 0 Å². The first-order valence-corrected chi connectivity index (χ1v) is 7.82. The Morgan fingerprint density at radius 1 is 1.40 bits per heavy atom. The summed E-state index contributed by atoms with van der Waals surface area (Å²) in [6, 6.07) is 1.65. The molecule has 3 heterocycles. The number of rotatable bonds is 4. The van der Waals surface area contributed by atoms with Gasteiger partial charge in [-0.3, -0.25) is 4.79 Å². The minimum atomic E-state index is -0.255. The average Bonchev–Trinajstić information content (AvgIpc) is 2.78. The number of aromatic amines is 1. The van der Waals surface area contributed by atoms with Crippen LogP contribution in [0, 0.1) is 0 Å². The molecule has 110 valence electrons. The zero-order chi connectivity index (χ0) is 14.1. The van der Waals surface area contributed by atoms with Crippen LogP contribution >= 0.6 is 11.6 Å². The van der Waals surface area contributed by atoms with Crippen LogP contribution in [0.2, 0.25) is 5.02 Å². The second kappa shape index (κ2) is 5.74. The van der Waals surface area contributed by atoms with Gasteiger partial charge in [-0.15, -0.1) is 0 Å². The Balaban J connectivity index is 1.88. The molecule has 2 N–H and O–H groups in total. The maximum atomic E-state index is 11.7. The first-order valence-electron chi connectivity index (χ1n) is 7.45. The van der Waals surface area contributed by atoms with Crippen molar-refractivity contribution in [2.75, 3.05) is 11.4 Å². The SMILES string of the molecule is CCCN(c1nc[nH]c(=O)c1Cl)C1CC2CCC(C1)N2. The van der Waals surface area contributed by atoms with Crippen molar-refractivity contribution in [1.82, 2.24) is 15.3 Å². The van der Waals surface area contributed by atoms with Crippen molar-refractivity contribution in [2.45, 2.75) is 57.2 Å². The zero-order valence-electron chi connectivity index (χ0n) is 11.7. The highest BCUT2D eigenvalue weighted by atomic mass is 35.5. The smallest absolute Gasteiger partial charge is 0.271 e. The molecule has 20 heavy (non-hydrogen) atoms. The van der Waals surface area contributed by atoms with Crippen LogP contribution in [0.25, 0.3) is 0 Å². The van der Waals surface area contributed by atoms with E-state index in [0.29, 0.717) is 23.9 Å². The highest BCUT2D eigenvalue weighted by molar-refractivity contribution is 6.32. The first kappa shape index (κ1) is 13.9. The van der Waals surface area contributed by atoms with Crippen molar-refractivity contribution in [3.63, 3.8) is 0 Å². The van der Waals surface area contributed by atoms with Crippen molar-refractivity contribution in [3.8, 4) is 0 Å². The molecule has 2 bridgehead atoms. The number of aromatic nitrogens is 2. The van der Waals surface area contributed by atoms with Gasteiger partial charge < -0.3 is 15.2 Å². The fourth-order valence-corrected chi connectivity index (χ4v) is 3.77.